The fourth-order valence-corrected chi connectivity index (χ4v) is 2.81. The summed E-state index contributed by atoms with van der Waals surface area (Å²) < 4.78 is 0. The van der Waals surface area contributed by atoms with Gasteiger partial charge in [-0.15, -0.1) is 0 Å². The van der Waals surface area contributed by atoms with E-state index in [1.165, 1.54) is 25.4 Å². The molecule has 1 aliphatic heterocycles. The van der Waals surface area contributed by atoms with Gasteiger partial charge in [0.2, 0.25) is 11.9 Å². The summed E-state index contributed by atoms with van der Waals surface area (Å²) in [5.74, 6) is -1.28. The van der Waals surface area contributed by atoms with Crippen LogP contribution in [0.3, 0.4) is 0 Å². The first-order chi connectivity index (χ1) is 12.1. The number of carbonyl (C=O) groups excluding carboxylic acids is 3. The third-order valence-electron chi connectivity index (χ3n) is 4.12. The van der Waals surface area contributed by atoms with Crippen molar-refractivity contribution in [3.63, 3.8) is 0 Å². The predicted molar refractivity (Wildman–Crippen MR) is 88.9 cm³/mol. The number of imidazole rings is 1. The van der Waals surface area contributed by atoms with Crippen molar-refractivity contribution >= 4 is 34.7 Å². The number of nitrogens with zero attached hydrogens (tertiary/aromatic N) is 3. The number of pyridine rings is 1. The Morgan fingerprint density at radius 1 is 1.16 bits per heavy atom. The van der Waals surface area contributed by atoms with Gasteiger partial charge in [0, 0.05) is 12.4 Å². The molecule has 3 aromatic rings. The van der Waals surface area contributed by atoms with E-state index >= 15 is 0 Å². The molecule has 0 radical (unpaired) electrons. The van der Waals surface area contributed by atoms with Crippen LogP contribution in [0.2, 0.25) is 0 Å². The Labute approximate surface area is 141 Å². The van der Waals surface area contributed by atoms with E-state index in [0.717, 1.165) is 10.4 Å². The van der Waals surface area contributed by atoms with Gasteiger partial charge in [-0.2, -0.15) is 0 Å². The Bertz CT molecular complexity index is 958. The number of imide groups is 1. The SMILES string of the molecule is C[C@H](C(=O)Nc1nc2ccccc2[nH]1)N1C(=O)c2ccncc2C1=O. The standard InChI is InChI=1S/C17H13N5O3/c1-9(22-15(24)10-6-7-18-8-11(10)16(22)25)14(23)21-17-19-12-4-2-3-5-13(12)20-17/h2-9H,1H3,(H2,19,20,21,23)/t9-/m1/s1. The number of H-pyrrole nitrogens is 1. The van der Waals surface area contributed by atoms with Crippen LogP contribution in [-0.2, 0) is 4.79 Å². The molecule has 25 heavy (non-hydrogen) atoms. The molecule has 2 N–H and O–H groups in total. The van der Waals surface area contributed by atoms with Crippen LogP contribution in [0.4, 0.5) is 5.95 Å². The van der Waals surface area contributed by atoms with Gasteiger partial charge < -0.3 is 4.98 Å². The maximum atomic E-state index is 12.5. The molecule has 2 aromatic heterocycles. The fourth-order valence-electron chi connectivity index (χ4n) is 2.81. The summed E-state index contributed by atoms with van der Waals surface area (Å²) >= 11 is 0. The number of hydrogen-bond acceptors (Lipinski definition) is 5. The lowest BCUT2D eigenvalue weighted by Crippen LogP contribution is -2.45. The van der Waals surface area contributed by atoms with Crippen LogP contribution in [0.5, 0.6) is 0 Å². The first-order valence-corrected chi connectivity index (χ1v) is 7.64. The first-order valence-electron chi connectivity index (χ1n) is 7.64. The van der Waals surface area contributed by atoms with E-state index in [4.69, 9.17) is 0 Å². The summed E-state index contributed by atoms with van der Waals surface area (Å²) in [6.07, 6.45) is 2.77. The number of aromatic nitrogens is 3. The summed E-state index contributed by atoms with van der Waals surface area (Å²) in [5.41, 5.74) is 1.94. The second-order valence-corrected chi connectivity index (χ2v) is 5.67. The van der Waals surface area contributed by atoms with Gasteiger partial charge in [-0.1, -0.05) is 12.1 Å². The summed E-state index contributed by atoms with van der Waals surface area (Å²) in [6.45, 7) is 1.49. The van der Waals surface area contributed by atoms with Crippen LogP contribution in [0, 0.1) is 0 Å². The Kier molecular flexibility index (Phi) is 3.31. The maximum absolute atomic E-state index is 12.5. The molecule has 0 fully saturated rings. The second-order valence-electron chi connectivity index (χ2n) is 5.67. The van der Waals surface area contributed by atoms with E-state index in [2.05, 4.69) is 20.3 Å². The number of nitrogens with one attached hydrogen (secondary N) is 2. The van der Waals surface area contributed by atoms with Gasteiger partial charge in [-0.3, -0.25) is 29.6 Å². The molecule has 3 heterocycles. The largest absolute Gasteiger partial charge is 0.324 e. The minimum Gasteiger partial charge on any atom is -0.324 e. The first kappa shape index (κ1) is 15.0. The van der Waals surface area contributed by atoms with Gasteiger partial charge in [-0.05, 0) is 25.1 Å². The number of carbonyl (C=O) groups is 3. The minimum absolute atomic E-state index is 0.205. The molecule has 1 aromatic carbocycles. The average molecular weight is 335 g/mol. The van der Waals surface area contributed by atoms with Gasteiger partial charge in [-0.25, -0.2) is 4.98 Å². The van der Waals surface area contributed by atoms with Crippen LogP contribution in [0.1, 0.15) is 27.6 Å². The Balaban J connectivity index is 1.56. The van der Waals surface area contributed by atoms with Crippen molar-refractivity contribution in [2.45, 2.75) is 13.0 Å². The lowest BCUT2D eigenvalue weighted by molar-refractivity contribution is -0.119. The third kappa shape index (κ3) is 2.35. The highest BCUT2D eigenvalue weighted by Gasteiger charge is 2.41. The zero-order valence-electron chi connectivity index (χ0n) is 13.2. The molecule has 124 valence electrons. The molecule has 3 amide bonds. The van der Waals surface area contributed by atoms with Gasteiger partial charge in [0.05, 0.1) is 22.2 Å². The summed E-state index contributed by atoms with van der Waals surface area (Å²) in [7, 11) is 0. The van der Waals surface area contributed by atoms with Crippen LogP contribution >= 0.6 is 0 Å². The molecule has 8 nitrogen and oxygen atoms in total. The Morgan fingerprint density at radius 3 is 2.68 bits per heavy atom. The highest BCUT2D eigenvalue weighted by atomic mass is 16.2. The number of anilines is 1. The number of amides is 3. The van der Waals surface area contributed by atoms with Gasteiger partial charge in [0.25, 0.3) is 11.8 Å². The van der Waals surface area contributed by atoms with Gasteiger partial charge >= 0.3 is 0 Å². The summed E-state index contributed by atoms with van der Waals surface area (Å²) in [6, 6.07) is 7.81. The average Bonchev–Trinajstić information content (AvgIpc) is 3.13. The molecular formula is C17H13N5O3. The number of fused-ring (bicyclic) bond motifs is 2. The van der Waals surface area contributed by atoms with Crippen molar-refractivity contribution in [2.75, 3.05) is 5.32 Å². The molecule has 0 saturated heterocycles. The predicted octanol–water partition coefficient (Wildman–Crippen LogP) is 1.58. The lowest BCUT2D eigenvalue weighted by atomic mass is 10.2. The minimum atomic E-state index is -0.986. The van der Waals surface area contributed by atoms with Crippen molar-refractivity contribution in [1.82, 2.24) is 19.9 Å². The normalized spacial score (nSPS) is 14.7. The second kappa shape index (κ2) is 5.52. The topological polar surface area (TPSA) is 108 Å². The molecule has 1 aliphatic rings. The summed E-state index contributed by atoms with van der Waals surface area (Å²) in [5, 5.41) is 2.61. The molecule has 1 atom stereocenters. The smallest absolute Gasteiger partial charge is 0.263 e. The van der Waals surface area contributed by atoms with Crippen LogP contribution in [0.15, 0.2) is 42.7 Å². The van der Waals surface area contributed by atoms with E-state index < -0.39 is 23.8 Å². The number of aromatic amines is 1. The number of benzene rings is 1. The Hall–Kier alpha value is -3.55. The molecule has 8 heteroatoms. The van der Waals surface area contributed by atoms with Crippen molar-refractivity contribution in [3.05, 3.63) is 53.9 Å². The monoisotopic (exact) mass is 335 g/mol. The molecular weight excluding hydrogens is 322 g/mol. The molecule has 0 saturated carbocycles. The number of para-hydroxylation sites is 2. The van der Waals surface area contributed by atoms with Crippen molar-refractivity contribution < 1.29 is 14.4 Å². The lowest BCUT2D eigenvalue weighted by Gasteiger charge is -2.20. The molecule has 4 rings (SSSR count). The van der Waals surface area contributed by atoms with Gasteiger partial charge in [0.1, 0.15) is 6.04 Å². The van der Waals surface area contributed by atoms with Crippen molar-refractivity contribution in [2.24, 2.45) is 0 Å². The maximum Gasteiger partial charge on any atom is 0.263 e. The van der Waals surface area contributed by atoms with Crippen LogP contribution < -0.4 is 5.32 Å². The summed E-state index contributed by atoms with van der Waals surface area (Å²) in [4.78, 5) is 49.3. The highest BCUT2D eigenvalue weighted by Crippen LogP contribution is 2.24. The van der Waals surface area contributed by atoms with Crippen molar-refractivity contribution in [3.8, 4) is 0 Å². The zero-order valence-corrected chi connectivity index (χ0v) is 13.2. The number of rotatable bonds is 3. The number of hydrogen-bond donors (Lipinski definition) is 2. The van der Waals surface area contributed by atoms with E-state index in [1.807, 2.05) is 24.3 Å². The molecule has 0 spiro atoms. The fraction of sp³-hybridized carbons (Fsp3) is 0.118. The van der Waals surface area contributed by atoms with E-state index in [0.29, 0.717) is 5.52 Å². The molecule has 0 aliphatic carbocycles. The Morgan fingerprint density at radius 2 is 1.92 bits per heavy atom. The van der Waals surface area contributed by atoms with Crippen LogP contribution in [-0.4, -0.2) is 43.6 Å². The van der Waals surface area contributed by atoms with Crippen LogP contribution in [0.25, 0.3) is 11.0 Å². The molecule has 0 unspecified atom stereocenters. The zero-order chi connectivity index (χ0) is 17.6. The van der Waals surface area contributed by atoms with E-state index in [1.54, 1.807) is 0 Å². The third-order valence-corrected chi connectivity index (χ3v) is 4.12. The van der Waals surface area contributed by atoms with Crippen molar-refractivity contribution in [1.29, 1.82) is 0 Å². The quantitative estimate of drug-likeness (QED) is 0.707. The van der Waals surface area contributed by atoms with E-state index in [-0.39, 0.29) is 17.1 Å². The molecule has 0 bridgehead atoms. The van der Waals surface area contributed by atoms with E-state index in [9.17, 15) is 14.4 Å². The van der Waals surface area contributed by atoms with Gasteiger partial charge in [0.15, 0.2) is 0 Å². The highest BCUT2D eigenvalue weighted by molar-refractivity contribution is 6.23.